The second-order valence-electron chi connectivity index (χ2n) is 6.36. The van der Waals surface area contributed by atoms with Crippen LogP contribution in [-0.4, -0.2) is 52.8 Å². The van der Waals surface area contributed by atoms with Gasteiger partial charge in [0.1, 0.15) is 0 Å². The highest BCUT2D eigenvalue weighted by Gasteiger charge is 2.27. The average Bonchev–Trinajstić information content (AvgIpc) is 3.42. The Kier molecular flexibility index (Phi) is 3.40. The summed E-state index contributed by atoms with van der Waals surface area (Å²) in [6, 6.07) is 6.26. The lowest BCUT2D eigenvalue weighted by molar-refractivity contribution is 0.386. The number of anilines is 1. The summed E-state index contributed by atoms with van der Waals surface area (Å²) in [4.78, 5) is 6.42. The minimum Gasteiger partial charge on any atom is -0.324 e. The van der Waals surface area contributed by atoms with Crippen molar-refractivity contribution in [2.24, 2.45) is 0 Å². The molecule has 0 unspecified atom stereocenters. The van der Waals surface area contributed by atoms with Crippen molar-refractivity contribution >= 4 is 11.7 Å². The Morgan fingerprint density at radius 3 is 2.77 bits per heavy atom. The van der Waals surface area contributed by atoms with Gasteiger partial charge >= 0.3 is 6.01 Å². The number of aromatic nitrogens is 8. The van der Waals surface area contributed by atoms with Crippen LogP contribution in [-0.2, 0) is 0 Å². The summed E-state index contributed by atoms with van der Waals surface area (Å²) in [5.41, 5.74) is 0.742. The number of rotatable bonds is 3. The van der Waals surface area contributed by atoms with Crippen molar-refractivity contribution in [3.63, 3.8) is 0 Å². The number of hydrogen-bond acceptors (Lipinski definition) is 8. The zero-order chi connectivity index (χ0) is 17.5. The summed E-state index contributed by atoms with van der Waals surface area (Å²) in [5.74, 6) is 2.56. The molecule has 0 spiro atoms. The molecule has 132 valence electrons. The molecule has 0 radical (unpaired) electrons. The van der Waals surface area contributed by atoms with Crippen molar-refractivity contribution in [1.82, 2.24) is 39.7 Å². The molecule has 1 aliphatic heterocycles. The maximum Gasteiger partial charge on any atom is 0.324 e. The second kappa shape index (κ2) is 5.90. The predicted octanol–water partition coefficient (Wildman–Crippen LogP) is 1.39. The van der Waals surface area contributed by atoms with Gasteiger partial charge in [0.15, 0.2) is 23.1 Å². The van der Waals surface area contributed by atoms with Gasteiger partial charge in [-0.05, 0) is 38.0 Å². The van der Waals surface area contributed by atoms with E-state index in [0.717, 1.165) is 43.2 Å². The van der Waals surface area contributed by atoms with Gasteiger partial charge in [0, 0.05) is 31.4 Å². The summed E-state index contributed by atoms with van der Waals surface area (Å²) < 4.78 is 8.82. The summed E-state index contributed by atoms with van der Waals surface area (Å²) in [6.45, 7) is 3.49. The SMILES string of the molecule is Cc1noc(N2CCC(c3nnc4ccc(-n5cccn5)nn34)CC2)n1. The van der Waals surface area contributed by atoms with Gasteiger partial charge in [-0.3, -0.25) is 0 Å². The van der Waals surface area contributed by atoms with Gasteiger partial charge in [-0.2, -0.15) is 14.6 Å². The molecular weight excluding hydrogens is 334 g/mol. The lowest BCUT2D eigenvalue weighted by Gasteiger charge is -2.29. The Hall–Kier alpha value is -3.30. The molecule has 4 aromatic heterocycles. The molecule has 26 heavy (non-hydrogen) atoms. The van der Waals surface area contributed by atoms with Crippen LogP contribution in [0.4, 0.5) is 6.01 Å². The van der Waals surface area contributed by atoms with Crippen LogP contribution in [0.2, 0.25) is 0 Å². The van der Waals surface area contributed by atoms with Crippen LogP contribution >= 0.6 is 0 Å². The van der Waals surface area contributed by atoms with Crippen LogP contribution in [0.15, 0.2) is 35.1 Å². The predicted molar refractivity (Wildman–Crippen MR) is 91.1 cm³/mol. The molecule has 0 saturated carbocycles. The topological polar surface area (TPSA) is 103 Å². The van der Waals surface area contributed by atoms with E-state index in [2.05, 4.69) is 35.4 Å². The fraction of sp³-hybridized carbons (Fsp3) is 0.375. The van der Waals surface area contributed by atoms with Crippen LogP contribution in [0.1, 0.15) is 30.4 Å². The molecule has 0 bridgehead atoms. The van der Waals surface area contributed by atoms with E-state index in [0.29, 0.717) is 11.8 Å². The van der Waals surface area contributed by atoms with Gasteiger partial charge in [-0.1, -0.05) is 5.16 Å². The van der Waals surface area contributed by atoms with Gasteiger partial charge in [-0.25, -0.2) is 4.68 Å². The van der Waals surface area contributed by atoms with Crippen molar-refractivity contribution < 1.29 is 4.52 Å². The first-order chi connectivity index (χ1) is 12.8. The van der Waals surface area contributed by atoms with E-state index in [1.165, 1.54) is 0 Å². The van der Waals surface area contributed by atoms with Gasteiger partial charge in [0.05, 0.1) is 0 Å². The van der Waals surface area contributed by atoms with E-state index in [9.17, 15) is 0 Å². The van der Waals surface area contributed by atoms with Crippen LogP contribution in [0.3, 0.4) is 0 Å². The van der Waals surface area contributed by atoms with Gasteiger partial charge in [0.25, 0.3) is 0 Å². The Morgan fingerprint density at radius 2 is 2.04 bits per heavy atom. The van der Waals surface area contributed by atoms with Crippen molar-refractivity contribution in [2.75, 3.05) is 18.0 Å². The fourth-order valence-electron chi connectivity index (χ4n) is 3.32. The molecule has 5 heterocycles. The standard InChI is InChI=1S/C16H17N9O/c1-11-18-16(26-22-11)23-9-5-12(6-10-23)15-20-19-13-3-4-14(21-25(13)15)24-8-2-7-17-24/h2-4,7-8,12H,5-6,9-10H2,1H3. The minimum atomic E-state index is 0.283. The summed E-state index contributed by atoms with van der Waals surface area (Å²) in [5, 5.41) is 21.4. The molecule has 5 rings (SSSR count). The van der Waals surface area contributed by atoms with E-state index in [1.807, 2.05) is 35.8 Å². The second-order valence-corrected chi connectivity index (χ2v) is 6.36. The third kappa shape index (κ3) is 2.50. The Morgan fingerprint density at radius 1 is 1.15 bits per heavy atom. The number of hydrogen-bond donors (Lipinski definition) is 0. The van der Waals surface area contributed by atoms with Crippen LogP contribution in [0.5, 0.6) is 0 Å². The third-order valence-corrected chi connectivity index (χ3v) is 4.66. The Labute approximate surface area is 148 Å². The molecule has 1 fully saturated rings. The lowest BCUT2D eigenvalue weighted by Crippen LogP contribution is -2.33. The molecule has 0 amide bonds. The highest BCUT2D eigenvalue weighted by molar-refractivity contribution is 5.40. The van der Waals surface area contributed by atoms with Crippen LogP contribution in [0, 0.1) is 6.92 Å². The van der Waals surface area contributed by atoms with Crippen molar-refractivity contribution in [1.29, 1.82) is 0 Å². The molecule has 1 saturated heterocycles. The minimum absolute atomic E-state index is 0.283. The van der Waals surface area contributed by atoms with Crippen molar-refractivity contribution in [3.8, 4) is 5.82 Å². The largest absolute Gasteiger partial charge is 0.324 e. The monoisotopic (exact) mass is 351 g/mol. The molecular formula is C16H17N9O. The summed E-state index contributed by atoms with van der Waals surface area (Å²) in [6.07, 6.45) is 5.45. The molecule has 10 nitrogen and oxygen atoms in total. The number of fused-ring (bicyclic) bond motifs is 1. The fourth-order valence-corrected chi connectivity index (χ4v) is 3.32. The maximum atomic E-state index is 5.27. The number of piperidine rings is 1. The maximum absolute atomic E-state index is 5.27. The lowest BCUT2D eigenvalue weighted by atomic mass is 9.96. The molecule has 0 N–H and O–H groups in total. The molecule has 0 aromatic carbocycles. The first-order valence-electron chi connectivity index (χ1n) is 8.55. The Bertz CT molecular complexity index is 1030. The third-order valence-electron chi connectivity index (χ3n) is 4.66. The van der Waals surface area contributed by atoms with E-state index in [1.54, 1.807) is 10.9 Å². The zero-order valence-corrected chi connectivity index (χ0v) is 14.2. The molecule has 10 heteroatoms. The normalized spacial score (nSPS) is 15.8. The zero-order valence-electron chi connectivity index (χ0n) is 14.2. The highest BCUT2D eigenvalue weighted by atomic mass is 16.5. The van der Waals surface area contributed by atoms with Crippen molar-refractivity contribution in [2.45, 2.75) is 25.7 Å². The smallest absolute Gasteiger partial charge is 0.324 e. The summed E-state index contributed by atoms with van der Waals surface area (Å²) in [7, 11) is 0. The van der Waals surface area contributed by atoms with Crippen molar-refractivity contribution in [3.05, 3.63) is 42.2 Å². The van der Waals surface area contributed by atoms with Gasteiger partial charge < -0.3 is 9.42 Å². The average molecular weight is 351 g/mol. The number of aryl methyl sites for hydroxylation is 1. The molecule has 1 aliphatic rings. The first kappa shape index (κ1) is 15.0. The quantitative estimate of drug-likeness (QED) is 0.545. The molecule has 4 aromatic rings. The van der Waals surface area contributed by atoms with E-state index in [-0.39, 0.29) is 5.92 Å². The van der Waals surface area contributed by atoms with Gasteiger partial charge in [-0.15, -0.1) is 15.3 Å². The van der Waals surface area contributed by atoms with Crippen LogP contribution in [0.25, 0.3) is 11.5 Å². The molecule has 0 atom stereocenters. The first-order valence-corrected chi connectivity index (χ1v) is 8.55. The van der Waals surface area contributed by atoms with E-state index in [4.69, 9.17) is 4.52 Å². The van der Waals surface area contributed by atoms with E-state index >= 15 is 0 Å². The molecule has 0 aliphatic carbocycles. The highest BCUT2D eigenvalue weighted by Crippen LogP contribution is 2.29. The Balaban J connectivity index is 1.40. The summed E-state index contributed by atoms with van der Waals surface area (Å²) >= 11 is 0. The van der Waals surface area contributed by atoms with Crippen LogP contribution < -0.4 is 4.90 Å². The number of nitrogens with zero attached hydrogens (tertiary/aromatic N) is 9. The van der Waals surface area contributed by atoms with E-state index < -0.39 is 0 Å². The van der Waals surface area contributed by atoms with Gasteiger partial charge in [0.2, 0.25) is 0 Å².